The fourth-order valence-corrected chi connectivity index (χ4v) is 11.2. The van der Waals surface area contributed by atoms with Crippen molar-refractivity contribution >= 4 is 110 Å². The second-order valence-corrected chi connectivity index (χ2v) is 18.7. The summed E-state index contributed by atoms with van der Waals surface area (Å²) in [6.07, 6.45) is 0. The van der Waals surface area contributed by atoms with Crippen molar-refractivity contribution in [3.05, 3.63) is 204 Å². The molecule has 6 heteroatoms. The maximum atomic E-state index is 10.8. The lowest BCUT2D eigenvalue weighted by atomic mass is 9.99. The van der Waals surface area contributed by atoms with E-state index in [1.54, 1.807) is 0 Å². The molecule has 322 valence electrons. The summed E-state index contributed by atoms with van der Waals surface area (Å²) in [7, 11) is 0. The predicted octanol–water partition coefficient (Wildman–Crippen LogP) is 16.9. The molecular weight excluding hydrogens is 829 g/mol. The summed E-state index contributed by atoms with van der Waals surface area (Å²) in [6.45, 7) is 8.90. The van der Waals surface area contributed by atoms with Crippen molar-refractivity contribution in [2.24, 2.45) is 0 Å². The van der Waals surface area contributed by atoms with Crippen LogP contribution in [0.4, 0.5) is 34.1 Å². The van der Waals surface area contributed by atoms with Crippen LogP contribution in [0.15, 0.2) is 182 Å². The van der Waals surface area contributed by atoms with Crippen LogP contribution in [0.1, 0.15) is 61.8 Å². The standard InChI is InChI=1S/C62H44N6/c1-37(2)39-21-25-45(26-22-39)65(43-15-7-5-8-16-43)53-31-29-47-49-33-56-50(34-55(49)67-51-19-11-13-41(35-63)57(51)59(53)61(47)67)48-30-32-54(60-58-42(36-64)14-12-20-52(58)68(56)62(48)60)66(44-17-9-6-10-18-44)46-27-23-40(24-28-46)38(3)4/h5-34,37-38H,1-4H3. The van der Waals surface area contributed by atoms with E-state index in [2.05, 4.69) is 216 Å². The largest absolute Gasteiger partial charge is 0.310 e. The van der Waals surface area contributed by atoms with Gasteiger partial charge in [-0.15, -0.1) is 0 Å². The zero-order valence-corrected chi connectivity index (χ0v) is 38.2. The summed E-state index contributed by atoms with van der Waals surface area (Å²) in [5, 5.41) is 30.0. The number of nitrogens with zero attached hydrogens (tertiary/aromatic N) is 6. The Morgan fingerprint density at radius 3 is 1.12 bits per heavy atom. The van der Waals surface area contributed by atoms with E-state index in [9.17, 15) is 10.5 Å². The first kappa shape index (κ1) is 39.5. The number of hydrogen-bond donors (Lipinski definition) is 0. The van der Waals surface area contributed by atoms with Gasteiger partial charge in [-0.2, -0.15) is 10.5 Å². The molecule has 0 spiro atoms. The summed E-state index contributed by atoms with van der Waals surface area (Å²) >= 11 is 0. The minimum atomic E-state index is 0.408. The average Bonchev–Trinajstić information content (AvgIpc) is 4.11. The van der Waals surface area contributed by atoms with E-state index in [0.29, 0.717) is 23.0 Å². The van der Waals surface area contributed by atoms with Crippen molar-refractivity contribution in [3.8, 4) is 12.1 Å². The van der Waals surface area contributed by atoms with Gasteiger partial charge in [0, 0.05) is 65.8 Å². The molecule has 0 aliphatic carbocycles. The third-order valence-electron chi connectivity index (χ3n) is 14.4. The normalized spacial score (nSPS) is 12.1. The quantitative estimate of drug-likeness (QED) is 0.153. The van der Waals surface area contributed by atoms with Gasteiger partial charge in [0.2, 0.25) is 0 Å². The molecule has 9 aromatic carbocycles. The molecular formula is C62H44N6. The summed E-state index contributed by atoms with van der Waals surface area (Å²) in [5.74, 6) is 0.815. The number of para-hydroxylation sites is 2. The van der Waals surface area contributed by atoms with E-state index in [-0.39, 0.29) is 0 Å². The van der Waals surface area contributed by atoms with Crippen LogP contribution in [0.25, 0.3) is 76.2 Å². The van der Waals surface area contributed by atoms with Crippen LogP contribution in [0.3, 0.4) is 0 Å². The Labute approximate surface area is 393 Å². The van der Waals surface area contributed by atoms with E-state index in [0.717, 1.165) is 110 Å². The Kier molecular flexibility index (Phi) is 8.62. The third-order valence-corrected chi connectivity index (χ3v) is 14.4. The van der Waals surface area contributed by atoms with E-state index >= 15 is 0 Å². The second kappa shape index (κ2) is 14.8. The molecule has 0 bridgehead atoms. The highest BCUT2D eigenvalue weighted by Crippen LogP contribution is 2.52. The summed E-state index contributed by atoms with van der Waals surface area (Å²) in [4.78, 5) is 4.68. The van der Waals surface area contributed by atoms with Crippen LogP contribution >= 0.6 is 0 Å². The zero-order valence-electron chi connectivity index (χ0n) is 38.2. The maximum absolute atomic E-state index is 10.8. The summed E-state index contributed by atoms with van der Waals surface area (Å²) in [5.41, 5.74) is 16.4. The molecule has 4 aromatic heterocycles. The highest BCUT2D eigenvalue weighted by Gasteiger charge is 2.29. The van der Waals surface area contributed by atoms with Crippen LogP contribution < -0.4 is 9.80 Å². The fraction of sp³-hybridized carbons (Fsp3) is 0.0968. The lowest BCUT2D eigenvalue weighted by molar-refractivity contribution is 0.866. The Bertz CT molecular complexity index is 3930. The van der Waals surface area contributed by atoms with Crippen molar-refractivity contribution in [3.63, 3.8) is 0 Å². The molecule has 0 unspecified atom stereocenters. The van der Waals surface area contributed by atoms with Gasteiger partial charge >= 0.3 is 0 Å². The van der Waals surface area contributed by atoms with E-state index in [1.165, 1.54) is 11.1 Å². The van der Waals surface area contributed by atoms with Gasteiger partial charge < -0.3 is 18.6 Å². The number of aromatic nitrogens is 2. The molecule has 0 aliphatic heterocycles. The molecule has 0 fully saturated rings. The molecule has 13 rings (SSSR count). The first-order valence-corrected chi connectivity index (χ1v) is 23.4. The predicted molar refractivity (Wildman–Crippen MR) is 283 cm³/mol. The Hall–Kier alpha value is -8.84. The molecule has 0 aliphatic rings. The minimum absolute atomic E-state index is 0.408. The SMILES string of the molecule is CC(C)c1ccc(N(c2ccccc2)c2ccc3c4cc5c(cc4n4c6cccc(C#N)c6c2c34)c2ccc(N(c3ccccc3)c3ccc(C(C)C)cc3)c3c4c(C#N)cccc4n5c23)cc1. The molecule has 0 saturated carbocycles. The topological polar surface area (TPSA) is 62.9 Å². The number of hydrogen-bond acceptors (Lipinski definition) is 4. The lowest BCUT2D eigenvalue weighted by Gasteiger charge is -2.27. The van der Waals surface area contributed by atoms with Crippen LogP contribution in [0, 0.1) is 22.7 Å². The van der Waals surface area contributed by atoms with Crippen molar-refractivity contribution < 1.29 is 0 Å². The lowest BCUT2D eigenvalue weighted by Crippen LogP contribution is -2.10. The zero-order chi connectivity index (χ0) is 45.9. The number of benzene rings is 9. The van der Waals surface area contributed by atoms with Crippen LogP contribution in [0.5, 0.6) is 0 Å². The monoisotopic (exact) mass is 872 g/mol. The van der Waals surface area contributed by atoms with Gasteiger partial charge in [0.15, 0.2) is 0 Å². The molecule has 0 atom stereocenters. The van der Waals surface area contributed by atoms with Crippen LogP contribution in [-0.2, 0) is 0 Å². The summed E-state index contributed by atoms with van der Waals surface area (Å²) < 4.78 is 4.79. The molecule has 0 saturated heterocycles. The minimum Gasteiger partial charge on any atom is -0.310 e. The molecule has 0 amide bonds. The number of nitriles is 2. The van der Waals surface area contributed by atoms with Gasteiger partial charge in [-0.3, -0.25) is 0 Å². The number of rotatable bonds is 8. The van der Waals surface area contributed by atoms with Gasteiger partial charge in [-0.05, 0) is 120 Å². The van der Waals surface area contributed by atoms with Gasteiger partial charge in [-0.25, -0.2) is 0 Å². The van der Waals surface area contributed by atoms with Gasteiger partial charge in [0.1, 0.15) is 0 Å². The average molecular weight is 873 g/mol. The van der Waals surface area contributed by atoms with Gasteiger partial charge in [0.05, 0.1) is 67.7 Å². The first-order valence-electron chi connectivity index (χ1n) is 23.4. The maximum Gasteiger partial charge on any atom is 0.0999 e. The van der Waals surface area contributed by atoms with E-state index in [1.807, 2.05) is 24.3 Å². The van der Waals surface area contributed by atoms with Crippen molar-refractivity contribution in [2.75, 3.05) is 9.80 Å². The molecule has 0 radical (unpaired) electrons. The second-order valence-electron chi connectivity index (χ2n) is 18.7. The summed E-state index contributed by atoms with van der Waals surface area (Å²) in [6, 6.07) is 70.0. The Morgan fingerprint density at radius 2 is 0.750 bits per heavy atom. The first-order chi connectivity index (χ1) is 33.3. The van der Waals surface area contributed by atoms with Crippen LogP contribution in [0.2, 0.25) is 0 Å². The Morgan fingerprint density at radius 1 is 0.368 bits per heavy atom. The Balaban J connectivity index is 1.13. The van der Waals surface area contributed by atoms with Crippen molar-refractivity contribution in [1.82, 2.24) is 8.80 Å². The number of fused-ring (bicyclic) bond motifs is 12. The van der Waals surface area contributed by atoms with Crippen molar-refractivity contribution in [2.45, 2.75) is 39.5 Å². The van der Waals surface area contributed by atoms with Crippen LogP contribution in [-0.4, -0.2) is 8.80 Å². The van der Waals surface area contributed by atoms with Gasteiger partial charge in [-0.1, -0.05) is 113 Å². The molecule has 6 nitrogen and oxygen atoms in total. The highest BCUT2D eigenvalue weighted by molar-refractivity contribution is 6.33. The van der Waals surface area contributed by atoms with E-state index < -0.39 is 0 Å². The van der Waals surface area contributed by atoms with E-state index in [4.69, 9.17) is 0 Å². The van der Waals surface area contributed by atoms with Gasteiger partial charge in [0.25, 0.3) is 0 Å². The third kappa shape index (κ3) is 5.49. The smallest absolute Gasteiger partial charge is 0.0999 e. The molecule has 68 heavy (non-hydrogen) atoms. The molecule has 0 N–H and O–H groups in total. The molecule has 13 aromatic rings. The fourth-order valence-electron chi connectivity index (χ4n) is 11.2. The molecule has 4 heterocycles. The van der Waals surface area contributed by atoms with Crippen molar-refractivity contribution in [1.29, 1.82) is 10.5 Å². The number of anilines is 6. The highest BCUT2D eigenvalue weighted by atomic mass is 15.2.